The van der Waals surface area contributed by atoms with Crippen LogP contribution in [0.3, 0.4) is 0 Å². The van der Waals surface area contributed by atoms with Crippen molar-refractivity contribution >= 4 is 34.6 Å². The molecule has 0 N–H and O–H groups in total. The highest BCUT2D eigenvalue weighted by Crippen LogP contribution is 2.28. The molecule has 136 valence electrons. The van der Waals surface area contributed by atoms with Gasteiger partial charge in [-0.15, -0.1) is 11.3 Å². The van der Waals surface area contributed by atoms with E-state index < -0.39 is 0 Å². The fraction of sp³-hybridized carbons (Fsp3) is 0.182. The summed E-state index contributed by atoms with van der Waals surface area (Å²) in [5.41, 5.74) is 3.30. The first kappa shape index (κ1) is 19.2. The van der Waals surface area contributed by atoms with Crippen molar-refractivity contribution < 1.29 is 4.74 Å². The van der Waals surface area contributed by atoms with E-state index >= 15 is 0 Å². The maximum Gasteiger partial charge on any atom is 0.134 e. The Bertz CT molecular complexity index is 953. The van der Waals surface area contributed by atoms with Crippen molar-refractivity contribution in [3.8, 4) is 23.1 Å². The third-order valence-electron chi connectivity index (χ3n) is 3.95. The molecule has 1 aromatic heterocycles. The molecule has 1 heterocycles. The molecule has 27 heavy (non-hydrogen) atoms. The predicted octanol–water partition coefficient (Wildman–Crippen LogP) is 6.71. The zero-order valence-corrected chi connectivity index (χ0v) is 16.6. The largest absolute Gasteiger partial charge is 0.494 e. The highest BCUT2D eigenvalue weighted by atomic mass is 35.5. The molecule has 0 amide bonds. The number of nitrogens with zero attached hydrogens (tertiary/aromatic N) is 2. The number of hydrogen-bond acceptors (Lipinski definition) is 4. The topological polar surface area (TPSA) is 45.9 Å². The quantitative estimate of drug-likeness (QED) is 0.330. The zero-order chi connectivity index (χ0) is 19.1. The van der Waals surface area contributed by atoms with Crippen molar-refractivity contribution in [2.75, 3.05) is 6.61 Å². The van der Waals surface area contributed by atoms with Crippen LogP contribution in [0, 0.1) is 11.3 Å². The first-order valence-corrected chi connectivity index (χ1v) is 10.0. The van der Waals surface area contributed by atoms with E-state index in [4.69, 9.17) is 16.3 Å². The van der Waals surface area contributed by atoms with Gasteiger partial charge in [0.05, 0.1) is 17.9 Å². The molecular weight excluding hydrogens is 376 g/mol. The van der Waals surface area contributed by atoms with Gasteiger partial charge in [0.15, 0.2) is 0 Å². The van der Waals surface area contributed by atoms with Gasteiger partial charge in [-0.3, -0.25) is 0 Å². The van der Waals surface area contributed by atoms with E-state index in [-0.39, 0.29) is 0 Å². The first-order chi connectivity index (χ1) is 13.2. The monoisotopic (exact) mass is 394 g/mol. The van der Waals surface area contributed by atoms with Crippen molar-refractivity contribution in [2.45, 2.75) is 19.8 Å². The van der Waals surface area contributed by atoms with E-state index in [1.807, 2.05) is 60.0 Å². The lowest BCUT2D eigenvalue weighted by Gasteiger charge is -2.05. The van der Waals surface area contributed by atoms with Crippen molar-refractivity contribution in [3.05, 3.63) is 69.5 Å². The Balaban J connectivity index is 1.77. The van der Waals surface area contributed by atoms with E-state index in [0.717, 1.165) is 42.0 Å². The second kappa shape index (κ2) is 9.36. The number of hydrogen-bond donors (Lipinski definition) is 0. The summed E-state index contributed by atoms with van der Waals surface area (Å²) in [6, 6.07) is 17.5. The number of nitriles is 1. The summed E-state index contributed by atoms with van der Waals surface area (Å²) in [5.74, 6) is 0.846. The van der Waals surface area contributed by atoms with Crippen molar-refractivity contribution in [2.24, 2.45) is 0 Å². The fourth-order valence-corrected chi connectivity index (χ4v) is 3.37. The number of rotatable bonds is 7. The zero-order valence-electron chi connectivity index (χ0n) is 15.0. The number of unbranched alkanes of at least 4 members (excludes halogenated alkanes) is 1. The molecule has 5 heteroatoms. The molecule has 0 aliphatic rings. The van der Waals surface area contributed by atoms with Crippen LogP contribution in [-0.4, -0.2) is 11.6 Å². The Morgan fingerprint density at radius 2 is 1.93 bits per heavy atom. The number of allylic oxidation sites excluding steroid dienone is 1. The van der Waals surface area contributed by atoms with Gasteiger partial charge in [0.2, 0.25) is 0 Å². The molecule has 0 saturated carbocycles. The van der Waals surface area contributed by atoms with E-state index in [9.17, 15) is 5.26 Å². The highest BCUT2D eigenvalue weighted by molar-refractivity contribution is 7.11. The molecule has 0 unspecified atom stereocenters. The maximum atomic E-state index is 9.56. The molecule has 0 spiro atoms. The lowest BCUT2D eigenvalue weighted by molar-refractivity contribution is 0.309. The van der Waals surface area contributed by atoms with Crippen LogP contribution in [0.25, 0.3) is 22.9 Å². The Kier molecular flexibility index (Phi) is 6.64. The van der Waals surface area contributed by atoms with E-state index in [1.54, 1.807) is 0 Å². The van der Waals surface area contributed by atoms with Crippen LogP contribution in [-0.2, 0) is 0 Å². The molecule has 0 atom stereocenters. The summed E-state index contributed by atoms with van der Waals surface area (Å²) in [4.78, 5) is 4.60. The summed E-state index contributed by atoms with van der Waals surface area (Å²) in [5, 5.41) is 12.9. The lowest BCUT2D eigenvalue weighted by Crippen LogP contribution is -1.95. The molecule has 3 rings (SSSR count). The van der Waals surface area contributed by atoms with Gasteiger partial charge >= 0.3 is 0 Å². The molecular formula is C22H19ClN2OS. The van der Waals surface area contributed by atoms with Crippen LogP contribution in [0.4, 0.5) is 0 Å². The van der Waals surface area contributed by atoms with Crippen LogP contribution in [0.1, 0.15) is 30.3 Å². The molecule has 0 aliphatic heterocycles. The summed E-state index contributed by atoms with van der Waals surface area (Å²) in [6.45, 7) is 2.86. The van der Waals surface area contributed by atoms with Gasteiger partial charge in [-0.1, -0.05) is 49.2 Å². The minimum atomic E-state index is 0.542. The smallest absolute Gasteiger partial charge is 0.134 e. The highest BCUT2D eigenvalue weighted by Gasteiger charge is 2.09. The van der Waals surface area contributed by atoms with Gasteiger partial charge in [0.1, 0.15) is 16.8 Å². The summed E-state index contributed by atoms with van der Waals surface area (Å²) in [7, 11) is 0. The Labute approximate surface area is 168 Å². The normalized spacial score (nSPS) is 11.2. The average molecular weight is 395 g/mol. The molecule has 0 fully saturated rings. The average Bonchev–Trinajstić information content (AvgIpc) is 3.18. The Morgan fingerprint density at radius 3 is 2.59 bits per heavy atom. The minimum Gasteiger partial charge on any atom is -0.494 e. The standard InChI is InChI=1S/C22H19ClN2OS/c1-2-3-12-26-20-10-4-16(5-11-20)13-18(14-24)22-25-21(15-27-22)17-6-8-19(23)9-7-17/h4-11,13,15H,2-3,12H2,1H3/b18-13+. The third kappa shape index (κ3) is 5.19. The van der Waals surface area contributed by atoms with Crippen LogP contribution in [0.5, 0.6) is 5.75 Å². The molecule has 3 nitrogen and oxygen atoms in total. The van der Waals surface area contributed by atoms with E-state index in [1.165, 1.54) is 11.3 Å². The van der Waals surface area contributed by atoms with Crippen LogP contribution >= 0.6 is 22.9 Å². The minimum absolute atomic E-state index is 0.542. The van der Waals surface area contributed by atoms with Gasteiger partial charge in [-0.25, -0.2) is 4.98 Å². The fourth-order valence-electron chi connectivity index (χ4n) is 2.45. The van der Waals surface area contributed by atoms with Crippen LogP contribution < -0.4 is 4.74 Å². The number of ether oxygens (including phenoxy) is 1. The van der Waals surface area contributed by atoms with Gasteiger partial charge in [-0.2, -0.15) is 5.26 Å². The van der Waals surface area contributed by atoms with Crippen molar-refractivity contribution in [3.63, 3.8) is 0 Å². The first-order valence-electron chi connectivity index (χ1n) is 8.76. The van der Waals surface area contributed by atoms with Gasteiger partial charge in [-0.05, 0) is 42.3 Å². The number of benzene rings is 2. The molecule has 0 radical (unpaired) electrons. The lowest BCUT2D eigenvalue weighted by atomic mass is 10.1. The van der Waals surface area contributed by atoms with Gasteiger partial charge in [0.25, 0.3) is 0 Å². The molecule has 0 saturated heterocycles. The second-order valence-electron chi connectivity index (χ2n) is 5.99. The van der Waals surface area contributed by atoms with Crippen molar-refractivity contribution in [1.82, 2.24) is 4.98 Å². The predicted molar refractivity (Wildman–Crippen MR) is 113 cm³/mol. The second-order valence-corrected chi connectivity index (χ2v) is 7.28. The molecule has 0 bridgehead atoms. The SMILES string of the molecule is CCCCOc1ccc(/C=C(\C#N)c2nc(-c3ccc(Cl)cc3)cs2)cc1. The van der Waals surface area contributed by atoms with Gasteiger partial charge in [0, 0.05) is 16.0 Å². The summed E-state index contributed by atoms with van der Waals surface area (Å²) < 4.78 is 5.67. The maximum absolute atomic E-state index is 9.56. The third-order valence-corrected chi connectivity index (χ3v) is 5.08. The molecule has 0 aliphatic carbocycles. The summed E-state index contributed by atoms with van der Waals surface area (Å²) in [6.07, 6.45) is 4.00. The van der Waals surface area contributed by atoms with E-state index in [0.29, 0.717) is 15.6 Å². The van der Waals surface area contributed by atoms with E-state index in [2.05, 4.69) is 18.0 Å². The Hall–Kier alpha value is -2.61. The molecule has 3 aromatic rings. The number of aromatic nitrogens is 1. The Morgan fingerprint density at radius 1 is 1.19 bits per heavy atom. The number of thiazole rings is 1. The van der Waals surface area contributed by atoms with Crippen LogP contribution in [0.15, 0.2) is 53.9 Å². The van der Waals surface area contributed by atoms with Crippen molar-refractivity contribution in [1.29, 1.82) is 5.26 Å². The molecule has 2 aromatic carbocycles. The van der Waals surface area contributed by atoms with Crippen LogP contribution in [0.2, 0.25) is 5.02 Å². The van der Waals surface area contributed by atoms with Gasteiger partial charge < -0.3 is 4.74 Å². The number of halogens is 1. The summed E-state index contributed by atoms with van der Waals surface area (Å²) >= 11 is 7.39.